The maximum Gasteiger partial charge on any atom is 0.326 e. The van der Waals surface area contributed by atoms with Gasteiger partial charge in [0.15, 0.2) is 0 Å². The number of hydrogen-bond acceptors (Lipinski definition) is 4. The molecule has 114 valence electrons. The molecule has 2 N–H and O–H groups in total. The number of carboxylic acid groups (broad SMARTS) is 1. The molecule has 0 spiro atoms. The predicted octanol–water partition coefficient (Wildman–Crippen LogP) is 1.15. The summed E-state index contributed by atoms with van der Waals surface area (Å²) in [5, 5.41) is 12.3. The highest BCUT2D eigenvalue weighted by Gasteiger charge is 2.36. The normalized spacial score (nSPS) is 19.5. The Kier molecular flexibility index (Phi) is 5.64. The van der Waals surface area contributed by atoms with Crippen molar-refractivity contribution in [3.8, 4) is 0 Å². The fourth-order valence-electron chi connectivity index (χ4n) is 2.55. The van der Waals surface area contributed by atoms with Crippen LogP contribution in [0.1, 0.15) is 18.4 Å². The second-order valence-corrected chi connectivity index (χ2v) is 5.49. The van der Waals surface area contributed by atoms with E-state index >= 15 is 0 Å². The Morgan fingerprint density at radius 3 is 2.71 bits per heavy atom. The molecular formula is C15H20N2O3S. The minimum Gasteiger partial charge on any atom is -0.480 e. The lowest BCUT2D eigenvalue weighted by atomic mass is 10.2. The zero-order valence-corrected chi connectivity index (χ0v) is 12.6. The van der Waals surface area contributed by atoms with Crippen molar-refractivity contribution >= 4 is 24.5 Å². The van der Waals surface area contributed by atoms with Crippen molar-refractivity contribution in [2.45, 2.75) is 31.5 Å². The third kappa shape index (κ3) is 3.98. The molecule has 6 heteroatoms. The molecule has 0 aromatic heterocycles. The minimum atomic E-state index is -0.929. The van der Waals surface area contributed by atoms with E-state index in [-0.39, 0.29) is 5.91 Å². The van der Waals surface area contributed by atoms with Crippen molar-refractivity contribution in [2.24, 2.45) is 0 Å². The van der Waals surface area contributed by atoms with Crippen LogP contribution in [0.2, 0.25) is 0 Å². The van der Waals surface area contributed by atoms with Gasteiger partial charge in [0.1, 0.15) is 6.04 Å². The minimum absolute atomic E-state index is 0.175. The SMILES string of the molecule is O=C(O)[C@@H]1CCCN1C(=O)[C@H](CS)NCc1ccccc1. The van der Waals surface area contributed by atoms with Gasteiger partial charge in [-0.05, 0) is 18.4 Å². The lowest BCUT2D eigenvalue weighted by Gasteiger charge is -2.26. The topological polar surface area (TPSA) is 69.6 Å². The number of carbonyl (C=O) groups excluding carboxylic acids is 1. The van der Waals surface area contributed by atoms with Crippen molar-refractivity contribution < 1.29 is 14.7 Å². The average Bonchev–Trinajstić information content (AvgIpc) is 2.98. The van der Waals surface area contributed by atoms with Gasteiger partial charge in [0.25, 0.3) is 0 Å². The number of carbonyl (C=O) groups is 2. The first-order valence-corrected chi connectivity index (χ1v) is 7.68. The molecule has 0 radical (unpaired) electrons. The van der Waals surface area contributed by atoms with E-state index in [1.807, 2.05) is 30.3 Å². The Morgan fingerprint density at radius 2 is 2.10 bits per heavy atom. The summed E-state index contributed by atoms with van der Waals surface area (Å²) in [6.07, 6.45) is 1.26. The van der Waals surface area contributed by atoms with Gasteiger partial charge in [0, 0.05) is 18.8 Å². The molecule has 1 amide bonds. The van der Waals surface area contributed by atoms with Gasteiger partial charge < -0.3 is 15.3 Å². The number of rotatable bonds is 6. The molecule has 0 saturated carbocycles. The molecule has 1 fully saturated rings. The van der Waals surface area contributed by atoms with Crippen LogP contribution < -0.4 is 5.32 Å². The third-order valence-corrected chi connectivity index (χ3v) is 4.06. The van der Waals surface area contributed by atoms with E-state index in [1.165, 1.54) is 4.90 Å². The molecule has 21 heavy (non-hydrogen) atoms. The van der Waals surface area contributed by atoms with E-state index in [1.54, 1.807) is 0 Å². The van der Waals surface area contributed by atoms with Gasteiger partial charge in [0.2, 0.25) is 5.91 Å². The summed E-state index contributed by atoms with van der Waals surface area (Å²) in [5.41, 5.74) is 1.08. The fourth-order valence-corrected chi connectivity index (χ4v) is 2.84. The van der Waals surface area contributed by atoms with Crippen molar-refractivity contribution in [1.82, 2.24) is 10.2 Å². The van der Waals surface area contributed by atoms with Crippen molar-refractivity contribution in [3.63, 3.8) is 0 Å². The van der Waals surface area contributed by atoms with Crippen LogP contribution in [0.5, 0.6) is 0 Å². The van der Waals surface area contributed by atoms with Crippen LogP contribution in [0.25, 0.3) is 0 Å². The zero-order chi connectivity index (χ0) is 15.2. The number of benzene rings is 1. The summed E-state index contributed by atoms with van der Waals surface area (Å²) in [5.74, 6) is -0.762. The average molecular weight is 308 g/mol. The van der Waals surface area contributed by atoms with Crippen LogP contribution in [0.4, 0.5) is 0 Å². The number of hydrogen-bond donors (Lipinski definition) is 3. The number of likely N-dealkylation sites (tertiary alicyclic amines) is 1. The van der Waals surface area contributed by atoms with Gasteiger partial charge >= 0.3 is 5.97 Å². The van der Waals surface area contributed by atoms with Crippen LogP contribution in [-0.4, -0.2) is 46.3 Å². The van der Waals surface area contributed by atoms with Crippen LogP contribution >= 0.6 is 12.6 Å². The molecule has 0 aliphatic carbocycles. The summed E-state index contributed by atoms with van der Waals surface area (Å²) in [6.45, 7) is 1.07. The van der Waals surface area contributed by atoms with Crippen molar-refractivity contribution in [2.75, 3.05) is 12.3 Å². The first kappa shape index (κ1) is 15.9. The summed E-state index contributed by atoms with van der Waals surface area (Å²) in [6, 6.07) is 8.61. The molecule has 0 unspecified atom stereocenters. The highest BCUT2D eigenvalue weighted by atomic mass is 32.1. The molecule has 1 aliphatic heterocycles. The summed E-state index contributed by atoms with van der Waals surface area (Å²) in [7, 11) is 0. The quantitative estimate of drug-likeness (QED) is 0.690. The van der Waals surface area contributed by atoms with E-state index in [2.05, 4.69) is 17.9 Å². The first-order valence-electron chi connectivity index (χ1n) is 7.05. The molecule has 5 nitrogen and oxygen atoms in total. The number of nitrogens with zero attached hydrogens (tertiary/aromatic N) is 1. The number of amides is 1. The van der Waals surface area contributed by atoms with Crippen LogP contribution in [-0.2, 0) is 16.1 Å². The molecule has 1 aromatic carbocycles. The fraction of sp³-hybridized carbons (Fsp3) is 0.467. The standard InChI is InChI=1S/C15H20N2O3S/c18-14(17-8-4-7-13(17)15(19)20)12(10-21)16-9-11-5-2-1-3-6-11/h1-3,5-6,12-13,16,21H,4,7-10H2,(H,19,20)/t12-,13-/m0/s1. The van der Waals surface area contributed by atoms with Crippen molar-refractivity contribution in [1.29, 1.82) is 0 Å². The van der Waals surface area contributed by atoms with Crippen LogP contribution in [0.15, 0.2) is 30.3 Å². The maximum atomic E-state index is 12.5. The van der Waals surface area contributed by atoms with Gasteiger partial charge in [-0.1, -0.05) is 30.3 Å². The maximum absolute atomic E-state index is 12.5. The summed E-state index contributed by atoms with van der Waals surface area (Å²) < 4.78 is 0. The smallest absolute Gasteiger partial charge is 0.326 e. The second-order valence-electron chi connectivity index (χ2n) is 5.13. The number of carboxylic acids is 1. The lowest BCUT2D eigenvalue weighted by molar-refractivity contribution is -0.148. The van der Waals surface area contributed by atoms with Gasteiger partial charge in [-0.2, -0.15) is 12.6 Å². The van der Waals surface area contributed by atoms with Crippen LogP contribution in [0, 0.1) is 0 Å². The number of aliphatic carboxylic acids is 1. The summed E-state index contributed by atoms with van der Waals surface area (Å²) >= 11 is 4.22. The summed E-state index contributed by atoms with van der Waals surface area (Å²) in [4.78, 5) is 25.1. The predicted molar refractivity (Wildman–Crippen MR) is 83.3 cm³/mol. The van der Waals surface area contributed by atoms with E-state index in [0.29, 0.717) is 25.3 Å². The molecule has 1 heterocycles. The number of nitrogens with one attached hydrogen (secondary N) is 1. The Morgan fingerprint density at radius 1 is 1.38 bits per heavy atom. The number of thiol groups is 1. The molecular weight excluding hydrogens is 288 g/mol. The molecule has 1 saturated heterocycles. The molecule has 2 rings (SSSR count). The largest absolute Gasteiger partial charge is 0.480 e. The zero-order valence-electron chi connectivity index (χ0n) is 11.7. The van der Waals surface area contributed by atoms with E-state index in [4.69, 9.17) is 5.11 Å². The van der Waals surface area contributed by atoms with Gasteiger partial charge in [-0.15, -0.1) is 0 Å². The molecule has 1 aromatic rings. The Balaban J connectivity index is 1.96. The van der Waals surface area contributed by atoms with Gasteiger partial charge in [-0.25, -0.2) is 4.79 Å². The van der Waals surface area contributed by atoms with E-state index in [9.17, 15) is 9.59 Å². The highest BCUT2D eigenvalue weighted by molar-refractivity contribution is 7.80. The Labute approximate surface area is 129 Å². The second kappa shape index (κ2) is 7.47. The van der Waals surface area contributed by atoms with Gasteiger partial charge in [-0.3, -0.25) is 4.79 Å². The highest BCUT2D eigenvalue weighted by Crippen LogP contribution is 2.18. The monoisotopic (exact) mass is 308 g/mol. The molecule has 2 atom stereocenters. The molecule has 1 aliphatic rings. The van der Waals surface area contributed by atoms with Crippen LogP contribution in [0.3, 0.4) is 0 Å². The van der Waals surface area contributed by atoms with E-state index < -0.39 is 18.1 Å². The van der Waals surface area contributed by atoms with Crippen molar-refractivity contribution in [3.05, 3.63) is 35.9 Å². The Bertz CT molecular complexity index is 495. The Hall–Kier alpha value is -1.53. The van der Waals surface area contributed by atoms with E-state index in [0.717, 1.165) is 12.0 Å². The molecule has 0 bridgehead atoms. The lowest BCUT2D eigenvalue weighted by Crippen LogP contribution is -2.51. The van der Waals surface area contributed by atoms with Gasteiger partial charge in [0.05, 0.1) is 6.04 Å². The first-order chi connectivity index (χ1) is 10.1. The third-order valence-electron chi connectivity index (χ3n) is 3.70.